The van der Waals surface area contributed by atoms with Gasteiger partial charge in [-0.25, -0.2) is 4.98 Å². The number of nitrogens with one attached hydrogen (secondary N) is 1. The molecular formula is C16H21BrN2S. The molecule has 0 saturated heterocycles. The van der Waals surface area contributed by atoms with E-state index in [1.807, 2.05) is 0 Å². The molecule has 1 aromatic carbocycles. The van der Waals surface area contributed by atoms with Gasteiger partial charge in [0, 0.05) is 9.35 Å². The molecule has 0 aliphatic rings. The standard InChI is InChI=1S/C16H21BrN2S/c1-5-8-18-15(16-19-11(3)12(4)20-16)13-7-6-10(2)9-14(13)17/h6-7,9,15,18H,5,8H2,1-4H3. The van der Waals surface area contributed by atoms with Crippen LogP contribution in [0.2, 0.25) is 0 Å². The first kappa shape index (κ1) is 15.7. The smallest absolute Gasteiger partial charge is 0.115 e. The third kappa shape index (κ3) is 3.48. The zero-order valence-electron chi connectivity index (χ0n) is 12.5. The minimum Gasteiger partial charge on any atom is -0.304 e. The van der Waals surface area contributed by atoms with E-state index >= 15 is 0 Å². The molecule has 1 heterocycles. The van der Waals surface area contributed by atoms with E-state index in [1.165, 1.54) is 16.0 Å². The maximum Gasteiger partial charge on any atom is 0.115 e. The van der Waals surface area contributed by atoms with Gasteiger partial charge in [-0.15, -0.1) is 11.3 Å². The highest BCUT2D eigenvalue weighted by Crippen LogP contribution is 2.32. The summed E-state index contributed by atoms with van der Waals surface area (Å²) in [5.74, 6) is 0. The van der Waals surface area contributed by atoms with Crippen molar-refractivity contribution in [1.29, 1.82) is 0 Å². The van der Waals surface area contributed by atoms with Gasteiger partial charge in [-0.05, 0) is 50.9 Å². The first-order valence-corrected chi connectivity index (χ1v) is 8.57. The molecule has 2 rings (SSSR count). The average molecular weight is 353 g/mol. The Kier molecular flexibility index (Phi) is 5.35. The zero-order valence-corrected chi connectivity index (χ0v) is 14.9. The number of nitrogens with zero attached hydrogens (tertiary/aromatic N) is 1. The van der Waals surface area contributed by atoms with E-state index < -0.39 is 0 Å². The van der Waals surface area contributed by atoms with Crippen molar-refractivity contribution in [2.75, 3.05) is 6.54 Å². The van der Waals surface area contributed by atoms with Crippen molar-refractivity contribution >= 4 is 27.3 Å². The van der Waals surface area contributed by atoms with Gasteiger partial charge in [0.1, 0.15) is 5.01 Å². The lowest BCUT2D eigenvalue weighted by Crippen LogP contribution is -2.23. The van der Waals surface area contributed by atoms with Gasteiger partial charge in [0.2, 0.25) is 0 Å². The van der Waals surface area contributed by atoms with Gasteiger partial charge in [-0.3, -0.25) is 0 Å². The molecule has 0 spiro atoms. The Bertz CT molecular complexity index is 573. The molecule has 4 heteroatoms. The van der Waals surface area contributed by atoms with Gasteiger partial charge in [-0.2, -0.15) is 0 Å². The van der Waals surface area contributed by atoms with Gasteiger partial charge in [-0.1, -0.05) is 35.0 Å². The number of benzene rings is 1. The zero-order chi connectivity index (χ0) is 14.7. The number of thiazole rings is 1. The van der Waals surface area contributed by atoms with Crippen LogP contribution in [0.5, 0.6) is 0 Å². The lowest BCUT2D eigenvalue weighted by atomic mass is 10.1. The first-order valence-electron chi connectivity index (χ1n) is 6.96. The Morgan fingerprint density at radius 2 is 2.05 bits per heavy atom. The molecule has 2 nitrogen and oxygen atoms in total. The third-order valence-corrected chi connectivity index (χ3v) is 5.18. The van der Waals surface area contributed by atoms with Crippen molar-refractivity contribution in [2.24, 2.45) is 0 Å². The van der Waals surface area contributed by atoms with Crippen molar-refractivity contribution in [3.63, 3.8) is 0 Å². The predicted octanol–water partition coefficient (Wildman–Crippen LogP) is 4.92. The maximum atomic E-state index is 4.74. The second kappa shape index (κ2) is 6.83. The topological polar surface area (TPSA) is 24.9 Å². The molecule has 0 saturated carbocycles. The van der Waals surface area contributed by atoms with Gasteiger partial charge in [0.15, 0.2) is 0 Å². The summed E-state index contributed by atoms with van der Waals surface area (Å²) in [4.78, 5) is 6.04. The van der Waals surface area contributed by atoms with Crippen LogP contribution in [-0.4, -0.2) is 11.5 Å². The van der Waals surface area contributed by atoms with Crippen molar-refractivity contribution in [3.8, 4) is 0 Å². The Balaban J connectivity index is 2.41. The number of halogens is 1. The number of hydrogen-bond donors (Lipinski definition) is 1. The molecule has 108 valence electrons. The van der Waals surface area contributed by atoms with Crippen LogP contribution in [-0.2, 0) is 0 Å². The van der Waals surface area contributed by atoms with Crippen molar-refractivity contribution in [3.05, 3.63) is 49.4 Å². The van der Waals surface area contributed by atoms with Gasteiger partial charge in [0.05, 0.1) is 11.7 Å². The molecule has 0 aliphatic carbocycles. The molecule has 0 aliphatic heterocycles. The SMILES string of the molecule is CCCNC(c1nc(C)c(C)s1)c1ccc(C)cc1Br. The minimum absolute atomic E-state index is 0.169. The van der Waals surface area contributed by atoms with Crippen LogP contribution in [0.1, 0.15) is 46.1 Å². The predicted molar refractivity (Wildman–Crippen MR) is 90.6 cm³/mol. The monoisotopic (exact) mass is 352 g/mol. The summed E-state index contributed by atoms with van der Waals surface area (Å²) in [7, 11) is 0. The Morgan fingerprint density at radius 1 is 1.30 bits per heavy atom. The molecular weight excluding hydrogens is 332 g/mol. The first-order chi connectivity index (χ1) is 9.52. The fraction of sp³-hybridized carbons (Fsp3) is 0.438. The van der Waals surface area contributed by atoms with Crippen LogP contribution in [0, 0.1) is 20.8 Å². The highest BCUT2D eigenvalue weighted by atomic mass is 79.9. The molecule has 1 atom stereocenters. The third-order valence-electron chi connectivity index (χ3n) is 3.36. The van der Waals surface area contributed by atoms with E-state index in [4.69, 9.17) is 4.98 Å². The normalized spacial score (nSPS) is 12.7. The Hall–Kier alpha value is -0.710. The summed E-state index contributed by atoms with van der Waals surface area (Å²) in [6.45, 7) is 9.50. The van der Waals surface area contributed by atoms with E-state index in [0.29, 0.717) is 0 Å². The van der Waals surface area contributed by atoms with Gasteiger partial charge < -0.3 is 5.32 Å². The molecule has 0 radical (unpaired) electrons. The second-order valence-electron chi connectivity index (χ2n) is 5.11. The van der Waals surface area contributed by atoms with Crippen molar-refractivity contribution in [1.82, 2.24) is 10.3 Å². The molecule has 0 bridgehead atoms. The van der Waals surface area contributed by atoms with Crippen LogP contribution in [0.25, 0.3) is 0 Å². The largest absolute Gasteiger partial charge is 0.304 e. The van der Waals surface area contributed by atoms with Crippen molar-refractivity contribution < 1.29 is 0 Å². The Labute approximate surface area is 133 Å². The van der Waals surface area contributed by atoms with E-state index in [-0.39, 0.29) is 6.04 Å². The molecule has 0 fully saturated rings. The summed E-state index contributed by atoms with van der Waals surface area (Å²) in [6.07, 6.45) is 1.11. The molecule has 1 unspecified atom stereocenters. The van der Waals surface area contributed by atoms with E-state index in [9.17, 15) is 0 Å². The average Bonchev–Trinajstić information content (AvgIpc) is 2.72. The summed E-state index contributed by atoms with van der Waals surface area (Å²) in [5, 5.41) is 4.77. The maximum absolute atomic E-state index is 4.74. The van der Waals surface area contributed by atoms with Crippen LogP contribution in [0.15, 0.2) is 22.7 Å². The molecule has 1 N–H and O–H groups in total. The molecule has 0 amide bonds. The van der Waals surface area contributed by atoms with E-state index in [2.05, 4.69) is 67.1 Å². The van der Waals surface area contributed by atoms with Crippen molar-refractivity contribution in [2.45, 2.75) is 40.2 Å². The van der Waals surface area contributed by atoms with Crippen LogP contribution in [0.4, 0.5) is 0 Å². The summed E-state index contributed by atoms with van der Waals surface area (Å²) >= 11 is 5.49. The van der Waals surface area contributed by atoms with Crippen LogP contribution in [0.3, 0.4) is 0 Å². The summed E-state index contributed by atoms with van der Waals surface area (Å²) < 4.78 is 1.15. The highest BCUT2D eigenvalue weighted by Gasteiger charge is 2.20. The van der Waals surface area contributed by atoms with E-state index in [0.717, 1.165) is 28.1 Å². The van der Waals surface area contributed by atoms with E-state index in [1.54, 1.807) is 11.3 Å². The number of aromatic nitrogens is 1. The van der Waals surface area contributed by atoms with Gasteiger partial charge in [0.25, 0.3) is 0 Å². The minimum atomic E-state index is 0.169. The van der Waals surface area contributed by atoms with Gasteiger partial charge >= 0.3 is 0 Å². The fourth-order valence-corrected chi connectivity index (χ4v) is 3.85. The highest BCUT2D eigenvalue weighted by molar-refractivity contribution is 9.10. The second-order valence-corrected chi connectivity index (χ2v) is 7.19. The number of hydrogen-bond acceptors (Lipinski definition) is 3. The quantitative estimate of drug-likeness (QED) is 0.825. The lowest BCUT2D eigenvalue weighted by Gasteiger charge is -2.18. The van der Waals surface area contributed by atoms with Crippen LogP contribution >= 0.6 is 27.3 Å². The summed E-state index contributed by atoms with van der Waals surface area (Å²) in [6, 6.07) is 6.69. The number of aryl methyl sites for hydroxylation is 3. The molecule has 2 aromatic rings. The fourth-order valence-electron chi connectivity index (χ4n) is 2.11. The molecule has 20 heavy (non-hydrogen) atoms. The summed E-state index contributed by atoms with van der Waals surface area (Å²) in [5.41, 5.74) is 3.66. The number of rotatable bonds is 5. The Morgan fingerprint density at radius 3 is 2.60 bits per heavy atom. The molecule has 1 aromatic heterocycles. The van der Waals surface area contributed by atoms with Crippen LogP contribution < -0.4 is 5.32 Å². The lowest BCUT2D eigenvalue weighted by molar-refractivity contribution is 0.593.